The second-order valence-electron chi connectivity index (χ2n) is 4.95. The Bertz CT molecular complexity index is 509. The smallest absolute Gasteiger partial charge is 0.315 e. The zero-order valence-electron chi connectivity index (χ0n) is 11.8. The minimum Gasteiger partial charge on any atom is -0.377 e. The Kier molecular flexibility index (Phi) is 5.54. The van der Waals surface area contributed by atoms with Gasteiger partial charge in [-0.25, -0.2) is 22.4 Å². The summed E-state index contributed by atoms with van der Waals surface area (Å²) in [5.41, 5.74) is -1.51. The van der Waals surface area contributed by atoms with Crippen molar-refractivity contribution < 1.29 is 27.1 Å². The maximum Gasteiger partial charge on any atom is 0.315 e. The Hall–Kier alpha value is -1.83. The van der Waals surface area contributed by atoms with E-state index in [9.17, 15) is 22.4 Å². The van der Waals surface area contributed by atoms with Crippen LogP contribution in [-0.4, -0.2) is 25.3 Å². The highest BCUT2D eigenvalue weighted by Crippen LogP contribution is 2.18. The molecule has 0 aliphatic rings. The fourth-order valence-corrected chi connectivity index (χ4v) is 1.37. The molecule has 2 amide bonds. The SMILES string of the molecule is COC(C)(C)CNC(=O)NCc1c(F)c(F)cc(F)c1F. The number of urea groups is 1. The molecule has 0 fully saturated rings. The lowest BCUT2D eigenvalue weighted by Crippen LogP contribution is -2.44. The lowest BCUT2D eigenvalue weighted by molar-refractivity contribution is 0.0254. The van der Waals surface area contributed by atoms with E-state index in [1.54, 1.807) is 13.8 Å². The molecule has 2 N–H and O–H groups in total. The third-order valence-electron chi connectivity index (χ3n) is 2.86. The molecule has 0 atom stereocenters. The molecule has 0 aromatic heterocycles. The first-order chi connectivity index (χ1) is 9.68. The quantitative estimate of drug-likeness (QED) is 0.648. The Morgan fingerprint density at radius 1 is 1.14 bits per heavy atom. The van der Waals surface area contributed by atoms with Crippen LogP contribution < -0.4 is 10.6 Å². The Labute approximate surface area is 119 Å². The minimum atomic E-state index is -1.54. The predicted octanol–water partition coefficient (Wildman–Crippen LogP) is 2.47. The van der Waals surface area contributed by atoms with E-state index in [1.807, 2.05) is 0 Å². The van der Waals surface area contributed by atoms with E-state index in [-0.39, 0.29) is 12.6 Å². The van der Waals surface area contributed by atoms with Gasteiger partial charge in [0.2, 0.25) is 0 Å². The van der Waals surface area contributed by atoms with E-state index >= 15 is 0 Å². The average Bonchev–Trinajstić information content (AvgIpc) is 2.43. The minimum absolute atomic E-state index is 0.106. The number of carbonyl (C=O) groups excluding carboxylic acids is 1. The largest absolute Gasteiger partial charge is 0.377 e. The lowest BCUT2D eigenvalue weighted by Gasteiger charge is -2.23. The zero-order valence-corrected chi connectivity index (χ0v) is 11.8. The van der Waals surface area contributed by atoms with Crippen molar-refractivity contribution in [3.05, 3.63) is 34.9 Å². The number of carbonyl (C=O) groups is 1. The molecule has 1 aromatic rings. The molecule has 0 aliphatic carbocycles. The van der Waals surface area contributed by atoms with Crippen LogP contribution in [0.1, 0.15) is 19.4 Å². The van der Waals surface area contributed by atoms with Gasteiger partial charge in [0.15, 0.2) is 23.3 Å². The number of hydrogen-bond donors (Lipinski definition) is 2. The topological polar surface area (TPSA) is 50.4 Å². The maximum atomic E-state index is 13.3. The summed E-state index contributed by atoms with van der Waals surface area (Å²) >= 11 is 0. The number of hydrogen-bond acceptors (Lipinski definition) is 2. The number of rotatable bonds is 5. The number of methoxy groups -OCH3 is 1. The van der Waals surface area contributed by atoms with Gasteiger partial charge in [0, 0.05) is 25.3 Å². The molecule has 0 heterocycles. The third-order valence-corrected chi connectivity index (χ3v) is 2.86. The van der Waals surface area contributed by atoms with E-state index in [0.29, 0.717) is 0 Å². The van der Waals surface area contributed by atoms with Crippen molar-refractivity contribution in [2.24, 2.45) is 0 Å². The third kappa shape index (κ3) is 4.59. The molecule has 8 heteroatoms. The van der Waals surface area contributed by atoms with Gasteiger partial charge in [0.1, 0.15) is 0 Å². The molecule has 0 radical (unpaired) electrons. The fourth-order valence-electron chi connectivity index (χ4n) is 1.37. The number of nitrogens with one attached hydrogen (secondary N) is 2. The van der Waals surface area contributed by atoms with Crippen molar-refractivity contribution in [2.45, 2.75) is 26.0 Å². The molecule has 0 unspecified atom stereocenters. The number of halogens is 4. The van der Waals surface area contributed by atoms with E-state index in [1.165, 1.54) is 7.11 Å². The molecule has 0 saturated carbocycles. The molecule has 118 valence electrons. The van der Waals surface area contributed by atoms with Crippen LogP contribution in [-0.2, 0) is 11.3 Å². The van der Waals surface area contributed by atoms with Gasteiger partial charge in [0.05, 0.1) is 12.1 Å². The first kappa shape index (κ1) is 17.2. The summed E-state index contributed by atoms with van der Waals surface area (Å²) in [5, 5.41) is 4.52. The number of amides is 2. The van der Waals surface area contributed by atoms with Crippen LogP contribution in [0, 0.1) is 23.3 Å². The molecule has 0 saturated heterocycles. The van der Waals surface area contributed by atoms with E-state index < -0.39 is 47.0 Å². The van der Waals surface area contributed by atoms with Crippen molar-refractivity contribution in [3.8, 4) is 0 Å². The van der Waals surface area contributed by atoms with E-state index in [2.05, 4.69) is 10.6 Å². The van der Waals surface area contributed by atoms with E-state index in [4.69, 9.17) is 4.74 Å². The zero-order chi connectivity index (χ0) is 16.2. The van der Waals surface area contributed by atoms with Crippen LogP contribution in [0.25, 0.3) is 0 Å². The van der Waals surface area contributed by atoms with Gasteiger partial charge in [-0.1, -0.05) is 0 Å². The van der Waals surface area contributed by atoms with Crippen molar-refractivity contribution >= 4 is 6.03 Å². The van der Waals surface area contributed by atoms with Crippen molar-refractivity contribution in [3.63, 3.8) is 0 Å². The van der Waals surface area contributed by atoms with Crippen LogP contribution in [0.4, 0.5) is 22.4 Å². The second-order valence-corrected chi connectivity index (χ2v) is 4.95. The molecule has 21 heavy (non-hydrogen) atoms. The normalized spacial score (nSPS) is 11.4. The standard InChI is InChI=1S/C13H16F4N2O2/c1-13(2,21-3)6-19-12(20)18-5-7-10(16)8(14)4-9(15)11(7)17/h4H,5-6H2,1-3H3,(H2,18,19,20). The van der Waals surface area contributed by atoms with Gasteiger partial charge < -0.3 is 15.4 Å². The maximum absolute atomic E-state index is 13.3. The molecule has 1 rings (SSSR count). The first-order valence-corrected chi connectivity index (χ1v) is 6.06. The van der Waals surface area contributed by atoms with Crippen LogP contribution in [0.15, 0.2) is 6.07 Å². The summed E-state index contributed by atoms with van der Waals surface area (Å²) in [4.78, 5) is 11.5. The van der Waals surface area contributed by atoms with Gasteiger partial charge in [0.25, 0.3) is 0 Å². The molecule has 1 aromatic carbocycles. The van der Waals surface area contributed by atoms with Gasteiger partial charge >= 0.3 is 6.03 Å². The fraction of sp³-hybridized carbons (Fsp3) is 0.462. The summed E-state index contributed by atoms with van der Waals surface area (Å²) in [7, 11) is 1.46. The lowest BCUT2D eigenvalue weighted by atomic mass is 10.1. The summed E-state index contributed by atoms with van der Waals surface area (Å²) in [5.74, 6) is -6.11. The van der Waals surface area contributed by atoms with E-state index in [0.717, 1.165) is 0 Å². The molecule has 4 nitrogen and oxygen atoms in total. The molecular formula is C13H16F4N2O2. The summed E-state index contributed by atoms with van der Waals surface area (Å²) in [6.07, 6.45) is 0. The highest BCUT2D eigenvalue weighted by molar-refractivity contribution is 5.73. The second kappa shape index (κ2) is 6.75. The summed E-state index contributed by atoms with van der Waals surface area (Å²) in [6, 6.07) is -0.640. The number of ether oxygens (including phenoxy) is 1. The first-order valence-electron chi connectivity index (χ1n) is 6.06. The molecule has 0 aliphatic heterocycles. The number of benzene rings is 1. The Morgan fingerprint density at radius 3 is 2.14 bits per heavy atom. The van der Waals surface area contributed by atoms with Crippen molar-refractivity contribution in [1.29, 1.82) is 0 Å². The van der Waals surface area contributed by atoms with Crippen LogP contribution in [0.3, 0.4) is 0 Å². The molecule has 0 bridgehead atoms. The summed E-state index contributed by atoms with van der Waals surface area (Å²) < 4.78 is 57.7. The van der Waals surface area contributed by atoms with Crippen LogP contribution >= 0.6 is 0 Å². The Balaban J connectivity index is 2.66. The summed E-state index contributed by atoms with van der Waals surface area (Å²) in [6.45, 7) is 2.88. The Morgan fingerprint density at radius 2 is 1.67 bits per heavy atom. The van der Waals surface area contributed by atoms with Crippen molar-refractivity contribution in [1.82, 2.24) is 10.6 Å². The predicted molar refractivity (Wildman–Crippen MR) is 67.6 cm³/mol. The van der Waals surface area contributed by atoms with Gasteiger partial charge in [-0.2, -0.15) is 0 Å². The molecular weight excluding hydrogens is 292 g/mol. The monoisotopic (exact) mass is 308 g/mol. The van der Waals surface area contributed by atoms with Crippen LogP contribution in [0.5, 0.6) is 0 Å². The van der Waals surface area contributed by atoms with Gasteiger partial charge in [-0.3, -0.25) is 0 Å². The highest BCUT2D eigenvalue weighted by Gasteiger charge is 2.20. The highest BCUT2D eigenvalue weighted by atomic mass is 19.2. The van der Waals surface area contributed by atoms with Gasteiger partial charge in [-0.15, -0.1) is 0 Å². The van der Waals surface area contributed by atoms with Gasteiger partial charge in [-0.05, 0) is 13.8 Å². The van der Waals surface area contributed by atoms with Crippen LogP contribution in [0.2, 0.25) is 0 Å². The molecule has 0 spiro atoms. The van der Waals surface area contributed by atoms with Crippen molar-refractivity contribution in [2.75, 3.05) is 13.7 Å². The average molecular weight is 308 g/mol.